The van der Waals surface area contributed by atoms with Gasteiger partial charge in [0.2, 0.25) is 0 Å². The number of nitrogens with zero attached hydrogens (tertiary/aromatic N) is 1. The van der Waals surface area contributed by atoms with Crippen LogP contribution < -0.4 is 10.3 Å². The summed E-state index contributed by atoms with van der Waals surface area (Å²) >= 11 is 0. The summed E-state index contributed by atoms with van der Waals surface area (Å²) in [6.07, 6.45) is 2.65. The fraction of sp³-hybridized carbons (Fsp3) is 0.250. The molecule has 102 valence electrons. The minimum absolute atomic E-state index is 0.0373. The molecule has 0 radical (unpaired) electrons. The molecule has 1 aromatic heterocycles. The van der Waals surface area contributed by atoms with Crippen molar-refractivity contribution in [3.8, 4) is 17.2 Å². The lowest BCUT2D eigenvalue weighted by molar-refractivity contribution is -0.360. The summed E-state index contributed by atoms with van der Waals surface area (Å²) in [5, 5.41) is 21.6. The van der Waals surface area contributed by atoms with Crippen LogP contribution in [-0.2, 0) is 0 Å². The Morgan fingerprint density at radius 1 is 1.30 bits per heavy atom. The van der Waals surface area contributed by atoms with Crippen molar-refractivity contribution in [1.29, 1.82) is 5.26 Å². The molecule has 0 amide bonds. The molecule has 0 aliphatic carbocycles. The molecule has 0 saturated carbocycles. The standard InChI is InChI=1S/C16H17N3O/c1-2-15(11-20)19-16-13(9-17)8-14(10-18-16)12-6-4-3-5-7-12/h3-8,10,15,20H,2,11H2,1H3,(H,18,19)/p+1/t15-/m1/s1. The largest absolute Gasteiger partial charge is 0.392 e. The van der Waals surface area contributed by atoms with Gasteiger partial charge in [0.15, 0.2) is 0 Å². The van der Waals surface area contributed by atoms with Crippen molar-refractivity contribution < 1.29 is 10.1 Å². The average Bonchev–Trinajstić information content (AvgIpc) is 2.53. The number of aliphatic hydroxyl groups excluding tert-OH is 1. The van der Waals surface area contributed by atoms with Gasteiger partial charge in [0.1, 0.15) is 17.7 Å². The maximum Gasteiger partial charge on any atom is 0.290 e. The van der Waals surface area contributed by atoms with Crippen LogP contribution in [0.25, 0.3) is 11.1 Å². The summed E-state index contributed by atoms with van der Waals surface area (Å²) in [7, 11) is 0. The van der Waals surface area contributed by atoms with Gasteiger partial charge in [-0.1, -0.05) is 37.3 Å². The van der Waals surface area contributed by atoms with Gasteiger partial charge in [-0.05, 0) is 18.1 Å². The van der Waals surface area contributed by atoms with Crippen molar-refractivity contribution >= 4 is 5.82 Å². The Kier molecular flexibility index (Phi) is 4.70. The second kappa shape index (κ2) is 6.69. The first-order valence-electron chi connectivity index (χ1n) is 6.67. The molecule has 2 aromatic rings. The van der Waals surface area contributed by atoms with Crippen molar-refractivity contribution in [2.24, 2.45) is 0 Å². The number of nitriles is 1. The lowest BCUT2D eigenvalue weighted by Crippen LogP contribution is -2.27. The van der Waals surface area contributed by atoms with Crippen molar-refractivity contribution in [3.05, 3.63) is 48.2 Å². The summed E-state index contributed by atoms with van der Waals surface area (Å²) in [6, 6.07) is 13.9. The molecule has 0 spiro atoms. The number of aromatic nitrogens is 1. The van der Waals surface area contributed by atoms with Gasteiger partial charge in [0.05, 0.1) is 12.8 Å². The topological polar surface area (TPSA) is 70.2 Å². The Hall–Kier alpha value is -2.38. The Bertz CT molecular complexity index is 601. The average molecular weight is 268 g/mol. The number of benzene rings is 1. The Morgan fingerprint density at radius 3 is 2.65 bits per heavy atom. The Morgan fingerprint density at radius 2 is 2.05 bits per heavy atom. The highest BCUT2D eigenvalue weighted by atomic mass is 16.3. The normalized spacial score (nSPS) is 11.7. The molecule has 1 heterocycles. The van der Waals surface area contributed by atoms with E-state index in [0.717, 1.165) is 17.5 Å². The predicted molar refractivity (Wildman–Crippen MR) is 77.9 cm³/mol. The summed E-state index contributed by atoms with van der Waals surface area (Å²) in [5.41, 5.74) is 2.56. The van der Waals surface area contributed by atoms with Crippen LogP contribution in [0.4, 0.5) is 5.82 Å². The van der Waals surface area contributed by atoms with Crippen LogP contribution in [0.3, 0.4) is 0 Å². The molecule has 0 unspecified atom stereocenters. The summed E-state index contributed by atoms with van der Waals surface area (Å²) < 4.78 is 0. The van der Waals surface area contributed by atoms with Gasteiger partial charge in [-0.25, -0.2) is 4.98 Å². The van der Waals surface area contributed by atoms with Gasteiger partial charge >= 0.3 is 0 Å². The van der Waals surface area contributed by atoms with E-state index in [0.29, 0.717) is 11.4 Å². The molecular weight excluding hydrogens is 250 g/mol. The monoisotopic (exact) mass is 268 g/mol. The summed E-state index contributed by atoms with van der Waals surface area (Å²) in [5.74, 6) is 0.646. The van der Waals surface area contributed by atoms with E-state index in [1.807, 2.05) is 49.5 Å². The third-order valence-corrected chi connectivity index (χ3v) is 3.23. The molecule has 20 heavy (non-hydrogen) atoms. The van der Waals surface area contributed by atoms with E-state index in [4.69, 9.17) is 0 Å². The van der Waals surface area contributed by atoms with Gasteiger partial charge in [0, 0.05) is 5.56 Å². The van der Waals surface area contributed by atoms with Gasteiger partial charge in [-0.15, -0.1) is 0 Å². The van der Waals surface area contributed by atoms with E-state index in [-0.39, 0.29) is 12.6 Å². The van der Waals surface area contributed by atoms with Crippen LogP contribution in [0.2, 0.25) is 0 Å². The summed E-state index contributed by atoms with van der Waals surface area (Å²) in [6.45, 7) is 2.02. The minimum Gasteiger partial charge on any atom is -0.392 e. The van der Waals surface area contributed by atoms with Gasteiger partial charge < -0.3 is 5.11 Å². The molecule has 0 saturated heterocycles. The number of aliphatic hydroxyl groups is 1. The third kappa shape index (κ3) is 3.14. The summed E-state index contributed by atoms with van der Waals surface area (Å²) in [4.78, 5) is 3.11. The number of H-pyrrole nitrogens is 1. The highest BCUT2D eigenvalue weighted by Gasteiger charge is 2.16. The molecular formula is C16H18N3O+. The predicted octanol–water partition coefficient (Wildman–Crippen LogP) is 2.22. The number of aromatic amines is 1. The number of hydrogen-bond acceptors (Lipinski definition) is 3. The van der Waals surface area contributed by atoms with Crippen molar-refractivity contribution in [3.63, 3.8) is 0 Å². The maximum atomic E-state index is 9.28. The fourth-order valence-corrected chi connectivity index (χ4v) is 1.98. The number of nitrogens with one attached hydrogen (secondary N) is 2. The van der Waals surface area contributed by atoms with Crippen LogP contribution in [0.5, 0.6) is 0 Å². The van der Waals surface area contributed by atoms with Gasteiger partial charge in [0.25, 0.3) is 5.82 Å². The number of pyridine rings is 1. The van der Waals surface area contributed by atoms with Crippen molar-refractivity contribution in [2.45, 2.75) is 19.4 Å². The second-order valence-electron chi connectivity index (χ2n) is 4.59. The Labute approximate surface area is 118 Å². The van der Waals surface area contributed by atoms with Crippen LogP contribution in [0.15, 0.2) is 42.6 Å². The molecule has 3 N–H and O–H groups in total. The zero-order valence-corrected chi connectivity index (χ0v) is 11.4. The molecule has 2 rings (SSSR count). The van der Waals surface area contributed by atoms with E-state index in [1.165, 1.54) is 0 Å². The van der Waals surface area contributed by atoms with Crippen molar-refractivity contribution in [2.75, 3.05) is 11.9 Å². The lowest BCUT2D eigenvalue weighted by atomic mass is 10.1. The highest BCUT2D eigenvalue weighted by molar-refractivity contribution is 5.65. The van der Waals surface area contributed by atoms with E-state index in [1.54, 1.807) is 0 Å². The first kappa shape index (κ1) is 14.0. The minimum atomic E-state index is -0.0547. The van der Waals surface area contributed by atoms with Crippen LogP contribution in [-0.4, -0.2) is 17.8 Å². The molecule has 4 heteroatoms. The molecule has 1 atom stereocenters. The lowest BCUT2D eigenvalue weighted by Gasteiger charge is -2.10. The van der Waals surface area contributed by atoms with Gasteiger partial charge in [-0.3, -0.25) is 5.32 Å². The van der Waals surface area contributed by atoms with E-state index in [9.17, 15) is 10.4 Å². The molecule has 0 aliphatic heterocycles. The first-order chi connectivity index (χ1) is 9.78. The van der Waals surface area contributed by atoms with Crippen LogP contribution in [0, 0.1) is 11.3 Å². The second-order valence-corrected chi connectivity index (χ2v) is 4.59. The molecule has 0 aliphatic rings. The van der Waals surface area contributed by atoms with E-state index < -0.39 is 0 Å². The zero-order chi connectivity index (χ0) is 14.4. The van der Waals surface area contributed by atoms with Gasteiger partial charge in [-0.2, -0.15) is 5.26 Å². The SMILES string of the molecule is CC[C@H](CO)Nc1[nH+]cc(-c2ccccc2)cc1C#N. The quantitative estimate of drug-likeness (QED) is 0.873. The third-order valence-electron chi connectivity index (χ3n) is 3.23. The molecule has 0 fully saturated rings. The van der Waals surface area contributed by atoms with Crippen LogP contribution in [0.1, 0.15) is 18.9 Å². The smallest absolute Gasteiger partial charge is 0.290 e. The van der Waals surface area contributed by atoms with Crippen LogP contribution >= 0.6 is 0 Å². The van der Waals surface area contributed by atoms with E-state index >= 15 is 0 Å². The number of anilines is 1. The van der Waals surface area contributed by atoms with Crippen molar-refractivity contribution in [1.82, 2.24) is 0 Å². The Balaban J connectivity index is 2.32. The molecule has 1 aromatic carbocycles. The first-order valence-corrected chi connectivity index (χ1v) is 6.67. The number of rotatable bonds is 5. The highest BCUT2D eigenvalue weighted by Crippen LogP contribution is 2.21. The fourth-order valence-electron chi connectivity index (χ4n) is 1.98. The molecule has 4 nitrogen and oxygen atoms in total. The van der Waals surface area contributed by atoms with E-state index in [2.05, 4.69) is 16.4 Å². The zero-order valence-electron chi connectivity index (χ0n) is 11.4. The number of hydrogen-bond donors (Lipinski definition) is 2. The maximum absolute atomic E-state index is 9.28. The molecule has 0 bridgehead atoms.